The highest BCUT2D eigenvalue weighted by Gasteiger charge is 2.35. The molecule has 2 aromatic heterocycles. The lowest BCUT2D eigenvalue weighted by Crippen LogP contribution is -2.24. The van der Waals surface area contributed by atoms with E-state index in [1.165, 1.54) is 12.7 Å². The first-order valence-corrected chi connectivity index (χ1v) is 5.76. The van der Waals surface area contributed by atoms with Crippen LogP contribution in [0.4, 0.5) is 5.82 Å². The van der Waals surface area contributed by atoms with Crippen molar-refractivity contribution in [3.8, 4) is 0 Å². The van der Waals surface area contributed by atoms with Gasteiger partial charge >= 0.3 is 0 Å². The van der Waals surface area contributed by atoms with Crippen LogP contribution in [-0.2, 0) is 4.74 Å². The average Bonchev–Trinajstić information content (AvgIpc) is 3.01. The Morgan fingerprint density at radius 2 is 2.26 bits per heavy atom. The molecule has 0 aromatic carbocycles. The number of hydrogen-bond donors (Lipinski definition) is 4. The number of nitrogens with zero attached hydrogens (tertiary/aromatic N) is 4. The van der Waals surface area contributed by atoms with E-state index in [2.05, 4.69) is 15.0 Å². The Balaban J connectivity index is 1.98. The molecule has 1 saturated heterocycles. The molecular weight excluding hydrogens is 254 g/mol. The third kappa shape index (κ3) is 1.92. The summed E-state index contributed by atoms with van der Waals surface area (Å²) in [5.74, 6) is 0.195. The van der Waals surface area contributed by atoms with Crippen LogP contribution >= 0.6 is 0 Å². The van der Waals surface area contributed by atoms with Gasteiger partial charge in [-0.15, -0.1) is 0 Å². The van der Waals surface area contributed by atoms with Crippen LogP contribution in [0.3, 0.4) is 0 Å². The van der Waals surface area contributed by atoms with Crippen LogP contribution in [0.5, 0.6) is 0 Å². The van der Waals surface area contributed by atoms with Crippen molar-refractivity contribution in [2.75, 3.05) is 12.1 Å². The summed E-state index contributed by atoms with van der Waals surface area (Å²) < 4.78 is 7.16. The van der Waals surface area contributed by atoms with Crippen molar-refractivity contribution in [1.82, 2.24) is 19.5 Å². The monoisotopic (exact) mass is 267 g/mol. The van der Waals surface area contributed by atoms with E-state index in [1.54, 1.807) is 4.57 Å². The van der Waals surface area contributed by atoms with Gasteiger partial charge in [-0.1, -0.05) is 0 Å². The predicted octanol–water partition coefficient (Wildman–Crippen LogP) is -0.732. The Kier molecular flexibility index (Phi) is 3.03. The number of aromatic nitrogens is 4. The van der Waals surface area contributed by atoms with Crippen LogP contribution in [0.2, 0.25) is 0 Å². The molecule has 2 aromatic rings. The lowest BCUT2D eigenvalue weighted by molar-refractivity contribution is -0.0432. The van der Waals surface area contributed by atoms with E-state index >= 15 is 0 Å². The second-order valence-corrected chi connectivity index (χ2v) is 4.27. The van der Waals surface area contributed by atoms with Gasteiger partial charge in [-0.25, -0.2) is 15.0 Å². The number of hydrogen-bond acceptors (Lipinski definition) is 8. The van der Waals surface area contributed by atoms with Gasteiger partial charge in [0.2, 0.25) is 0 Å². The standard InChI is InChI=1S/C10H13N5O4/c16-2-6-5(17)1-7(19-6)15-4-13-8-9(14-18)11-3-12-10(8)15/h3-7,16-18H,1-2H2,(H,11,12,14)/t5-,6-,7+/m0/s1. The number of fused-ring (bicyclic) bond motifs is 1. The van der Waals surface area contributed by atoms with Crippen molar-refractivity contribution in [1.29, 1.82) is 0 Å². The van der Waals surface area contributed by atoms with E-state index in [0.717, 1.165) is 0 Å². The molecule has 0 bridgehead atoms. The highest BCUT2D eigenvalue weighted by Crippen LogP contribution is 2.31. The van der Waals surface area contributed by atoms with Crippen LogP contribution in [-0.4, -0.2) is 53.8 Å². The fourth-order valence-corrected chi connectivity index (χ4v) is 2.19. The van der Waals surface area contributed by atoms with E-state index in [4.69, 9.17) is 15.1 Å². The van der Waals surface area contributed by atoms with E-state index < -0.39 is 18.4 Å². The molecule has 0 unspecified atom stereocenters. The third-order valence-electron chi connectivity index (χ3n) is 3.16. The zero-order chi connectivity index (χ0) is 13.4. The highest BCUT2D eigenvalue weighted by atomic mass is 16.5. The molecule has 1 aliphatic heterocycles. The van der Waals surface area contributed by atoms with Gasteiger partial charge in [0, 0.05) is 6.42 Å². The number of rotatable bonds is 3. The molecule has 0 spiro atoms. The topological polar surface area (TPSA) is 126 Å². The fraction of sp³-hybridized carbons (Fsp3) is 0.500. The molecule has 3 rings (SSSR count). The van der Waals surface area contributed by atoms with Crippen LogP contribution in [0, 0.1) is 0 Å². The van der Waals surface area contributed by atoms with Gasteiger partial charge in [-0.3, -0.25) is 15.3 Å². The minimum Gasteiger partial charge on any atom is -0.394 e. The van der Waals surface area contributed by atoms with Gasteiger partial charge in [0.15, 0.2) is 17.0 Å². The fourth-order valence-electron chi connectivity index (χ4n) is 2.19. The molecule has 1 aliphatic rings. The maximum atomic E-state index is 9.73. The third-order valence-corrected chi connectivity index (χ3v) is 3.16. The largest absolute Gasteiger partial charge is 0.394 e. The molecule has 102 valence electrons. The molecule has 9 nitrogen and oxygen atoms in total. The van der Waals surface area contributed by atoms with Crippen molar-refractivity contribution in [2.24, 2.45) is 0 Å². The van der Waals surface area contributed by atoms with Gasteiger partial charge in [0.1, 0.15) is 18.7 Å². The van der Waals surface area contributed by atoms with Crippen LogP contribution in [0.15, 0.2) is 12.7 Å². The Bertz CT molecular complexity index is 588. The molecule has 0 amide bonds. The average molecular weight is 267 g/mol. The summed E-state index contributed by atoms with van der Waals surface area (Å²) in [5.41, 5.74) is 2.82. The zero-order valence-corrected chi connectivity index (χ0v) is 9.84. The summed E-state index contributed by atoms with van der Waals surface area (Å²) in [4.78, 5) is 12.0. The van der Waals surface area contributed by atoms with Gasteiger partial charge < -0.3 is 14.9 Å². The predicted molar refractivity (Wildman–Crippen MR) is 62.4 cm³/mol. The van der Waals surface area contributed by atoms with E-state index in [-0.39, 0.29) is 12.4 Å². The van der Waals surface area contributed by atoms with E-state index in [0.29, 0.717) is 17.6 Å². The number of imidazole rings is 1. The van der Waals surface area contributed by atoms with E-state index in [9.17, 15) is 5.11 Å². The molecule has 9 heteroatoms. The maximum Gasteiger partial charge on any atom is 0.181 e. The summed E-state index contributed by atoms with van der Waals surface area (Å²) in [6.45, 7) is -0.247. The van der Waals surface area contributed by atoms with Crippen molar-refractivity contribution in [3.63, 3.8) is 0 Å². The Labute approximate surface area is 107 Å². The quantitative estimate of drug-likeness (QED) is 0.536. The van der Waals surface area contributed by atoms with Crippen molar-refractivity contribution in [3.05, 3.63) is 12.7 Å². The minimum atomic E-state index is -0.732. The first kappa shape index (κ1) is 12.2. The Morgan fingerprint density at radius 3 is 2.95 bits per heavy atom. The summed E-state index contributed by atoms with van der Waals surface area (Å²) in [6.07, 6.45) is 1.32. The van der Waals surface area contributed by atoms with Crippen molar-refractivity contribution in [2.45, 2.75) is 24.9 Å². The second-order valence-electron chi connectivity index (χ2n) is 4.27. The molecule has 0 saturated carbocycles. The summed E-state index contributed by atoms with van der Waals surface area (Å²) >= 11 is 0. The van der Waals surface area contributed by atoms with Crippen LogP contribution < -0.4 is 5.48 Å². The normalized spacial score (nSPS) is 27.0. The second kappa shape index (κ2) is 4.70. The van der Waals surface area contributed by atoms with Crippen LogP contribution in [0.1, 0.15) is 12.6 Å². The molecule has 3 atom stereocenters. The van der Waals surface area contributed by atoms with Gasteiger partial charge in [0.25, 0.3) is 0 Å². The first-order valence-electron chi connectivity index (χ1n) is 5.76. The van der Waals surface area contributed by atoms with Crippen molar-refractivity contribution >= 4 is 17.0 Å². The number of aliphatic hydroxyl groups is 2. The molecule has 0 aliphatic carbocycles. The van der Waals surface area contributed by atoms with Gasteiger partial charge in [0.05, 0.1) is 19.0 Å². The zero-order valence-electron chi connectivity index (χ0n) is 9.84. The lowest BCUT2D eigenvalue weighted by Gasteiger charge is -2.13. The summed E-state index contributed by atoms with van der Waals surface area (Å²) in [7, 11) is 0. The van der Waals surface area contributed by atoms with E-state index in [1.807, 2.05) is 5.48 Å². The van der Waals surface area contributed by atoms with Gasteiger partial charge in [-0.05, 0) is 0 Å². The number of ether oxygens (including phenoxy) is 1. The Hall–Kier alpha value is -1.81. The maximum absolute atomic E-state index is 9.73. The number of aliphatic hydroxyl groups excluding tert-OH is 2. The van der Waals surface area contributed by atoms with Crippen molar-refractivity contribution < 1.29 is 20.2 Å². The number of nitrogens with one attached hydrogen (secondary N) is 1. The lowest BCUT2D eigenvalue weighted by atomic mass is 10.2. The SMILES string of the molecule is OC[C@@H]1O[C@@H](n2cnc3c(NO)ncnc32)C[C@@H]1O. The molecule has 19 heavy (non-hydrogen) atoms. The minimum absolute atomic E-state index is 0.195. The number of anilines is 1. The molecule has 4 N–H and O–H groups in total. The molecule has 3 heterocycles. The smallest absolute Gasteiger partial charge is 0.181 e. The van der Waals surface area contributed by atoms with Crippen LogP contribution in [0.25, 0.3) is 11.2 Å². The molecule has 0 radical (unpaired) electrons. The summed E-state index contributed by atoms with van der Waals surface area (Å²) in [6, 6.07) is 0. The first-order chi connectivity index (χ1) is 9.24. The molecule has 1 fully saturated rings. The summed E-state index contributed by atoms with van der Waals surface area (Å²) in [5, 5.41) is 27.7. The Morgan fingerprint density at radius 1 is 1.42 bits per heavy atom. The van der Waals surface area contributed by atoms with Gasteiger partial charge in [-0.2, -0.15) is 0 Å². The highest BCUT2D eigenvalue weighted by molar-refractivity contribution is 5.82. The molecular formula is C10H13N5O4.